The standard InChI is InChI=1S/C20H21N5O2/c1-27-20(26)15-12-14-2-3-18(24-19(14)22-13-15)25-10-6-17(7-11-25)23-16-4-8-21-9-5-16/h2-5,8-9,12-13,17H,6-7,10-11H2,1H3,(H,21,23). The number of methoxy groups -OCH3 is 1. The Kier molecular flexibility index (Phi) is 4.82. The van der Waals surface area contributed by atoms with Gasteiger partial charge in [0.25, 0.3) is 0 Å². The Labute approximate surface area is 157 Å². The van der Waals surface area contributed by atoms with Crippen molar-refractivity contribution in [2.75, 3.05) is 30.4 Å². The summed E-state index contributed by atoms with van der Waals surface area (Å²) in [6.45, 7) is 1.86. The van der Waals surface area contributed by atoms with Crippen LogP contribution in [0, 0.1) is 0 Å². The summed E-state index contributed by atoms with van der Waals surface area (Å²) in [6.07, 6.45) is 7.19. The zero-order valence-electron chi connectivity index (χ0n) is 15.1. The van der Waals surface area contributed by atoms with Gasteiger partial charge in [-0.25, -0.2) is 14.8 Å². The minimum atomic E-state index is -0.391. The fraction of sp³-hybridized carbons (Fsp3) is 0.300. The smallest absolute Gasteiger partial charge is 0.339 e. The van der Waals surface area contributed by atoms with Crippen molar-refractivity contribution in [2.24, 2.45) is 0 Å². The van der Waals surface area contributed by atoms with E-state index < -0.39 is 5.97 Å². The van der Waals surface area contributed by atoms with E-state index in [-0.39, 0.29) is 0 Å². The van der Waals surface area contributed by atoms with Crippen molar-refractivity contribution in [3.05, 3.63) is 54.5 Å². The first kappa shape index (κ1) is 17.2. The molecule has 4 heterocycles. The summed E-state index contributed by atoms with van der Waals surface area (Å²) in [5.41, 5.74) is 2.18. The van der Waals surface area contributed by atoms with E-state index in [4.69, 9.17) is 4.74 Å². The Morgan fingerprint density at radius 3 is 2.70 bits per heavy atom. The van der Waals surface area contributed by atoms with E-state index in [1.807, 2.05) is 24.3 Å². The largest absolute Gasteiger partial charge is 0.465 e. The van der Waals surface area contributed by atoms with Crippen LogP contribution in [0.5, 0.6) is 0 Å². The first-order valence-electron chi connectivity index (χ1n) is 8.99. The van der Waals surface area contributed by atoms with Gasteiger partial charge in [-0.2, -0.15) is 0 Å². The Bertz CT molecular complexity index is 940. The highest BCUT2D eigenvalue weighted by Crippen LogP contribution is 2.23. The highest BCUT2D eigenvalue weighted by atomic mass is 16.5. The lowest BCUT2D eigenvalue weighted by atomic mass is 10.0. The normalized spacial score (nSPS) is 14.9. The molecule has 3 aromatic rings. The number of aromatic nitrogens is 3. The van der Waals surface area contributed by atoms with Crippen LogP contribution in [-0.2, 0) is 4.74 Å². The third kappa shape index (κ3) is 3.81. The molecule has 1 saturated heterocycles. The second-order valence-electron chi connectivity index (χ2n) is 6.57. The first-order chi connectivity index (χ1) is 13.2. The molecule has 0 bridgehead atoms. The van der Waals surface area contributed by atoms with Gasteiger partial charge in [0, 0.05) is 48.8 Å². The van der Waals surface area contributed by atoms with Gasteiger partial charge < -0.3 is 15.0 Å². The maximum Gasteiger partial charge on any atom is 0.339 e. The average molecular weight is 363 g/mol. The number of piperidine rings is 1. The lowest BCUT2D eigenvalue weighted by Crippen LogP contribution is -2.39. The van der Waals surface area contributed by atoms with E-state index in [9.17, 15) is 4.79 Å². The molecule has 7 heteroatoms. The van der Waals surface area contributed by atoms with E-state index in [2.05, 4.69) is 25.2 Å². The van der Waals surface area contributed by atoms with Crippen LogP contribution >= 0.6 is 0 Å². The molecule has 4 rings (SSSR count). The van der Waals surface area contributed by atoms with Gasteiger partial charge in [-0.15, -0.1) is 0 Å². The van der Waals surface area contributed by atoms with Gasteiger partial charge in [-0.3, -0.25) is 4.98 Å². The van der Waals surface area contributed by atoms with Crippen LogP contribution in [0.1, 0.15) is 23.2 Å². The molecule has 27 heavy (non-hydrogen) atoms. The minimum Gasteiger partial charge on any atom is -0.465 e. The quantitative estimate of drug-likeness (QED) is 0.714. The molecule has 0 aliphatic carbocycles. The van der Waals surface area contributed by atoms with Crippen LogP contribution < -0.4 is 10.2 Å². The Morgan fingerprint density at radius 1 is 1.19 bits per heavy atom. The molecule has 7 nitrogen and oxygen atoms in total. The van der Waals surface area contributed by atoms with Crippen molar-refractivity contribution in [1.82, 2.24) is 15.0 Å². The van der Waals surface area contributed by atoms with Crippen molar-refractivity contribution >= 4 is 28.5 Å². The van der Waals surface area contributed by atoms with E-state index in [1.165, 1.54) is 13.3 Å². The summed E-state index contributed by atoms with van der Waals surface area (Å²) in [7, 11) is 1.36. The molecule has 138 valence electrons. The molecule has 0 radical (unpaired) electrons. The number of esters is 1. The van der Waals surface area contributed by atoms with Crippen molar-refractivity contribution in [3.63, 3.8) is 0 Å². The maximum atomic E-state index is 11.6. The number of carbonyl (C=O) groups excluding carboxylic acids is 1. The number of ether oxygens (including phenoxy) is 1. The highest BCUT2D eigenvalue weighted by molar-refractivity contribution is 5.93. The summed E-state index contributed by atoms with van der Waals surface area (Å²) < 4.78 is 4.74. The predicted octanol–water partition coefficient (Wildman–Crippen LogP) is 2.89. The van der Waals surface area contributed by atoms with Gasteiger partial charge in [-0.1, -0.05) is 0 Å². The van der Waals surface area contributed by atoms with Gasteiger partial charge >= 0.3 is 5.97 Å². The van der Waals surface area contributed by atoms with Crippen LogP contribution in [0.3, 0.4) is 0 Å². The number of pyridine rings is 3. The van der Waals surface area contributed by atoms with Crippen molar-refractivity contribution in [3.8, 4) is 0 Å². The van der Waals surface area contributed by atoms with Crippen LogP contribution in [0.15, 0.2) is 48.9 Å². The maximum absolute atomic E-state index is 11.6. The zero-order valence-corrected chi connectivity index (χ0v) is 15.1. The lowest BCUT2D eigenvalue weighted by molar-refractivity contribution is 0.0600. The van der Waals surface area contributed by atoms with E-state index in [0.717, 1.165) is 42.8 Å². The predicted molar refractivity (Wildman–Crippen MR) is 104 cm³/mol. The summed E-state index contributed by atoms with van der Waals surface area (Å²) in [4.78, 5) is 26.9. The van der Waals surface area contributed by atoms with Gasteiger partial charge in [0.1, 0.15) is 5.82 Å². The average Bonchev–Trinajstić information content (AvgIpc) is 2.73. The number of nitrogens with zero attached hydrogens (tertiary/aromatic N) is 4. The summed E-state index contributed by atoms with van der Waals surface area (Å²) in [5, 5.41) is 4.39. The van der Waals surface area contributed by atoms with Gasteiger partial charge in [0.15, 0.2) is 5.65 Å². The van der Waals surface area contributed by atoms with Crippen LogP contribution in [0.25, 0.3) is 11.0 Å². The fourth-order valence-corrected chi connectivity index (χ4v) is 3.34. The second kappa shape index (κ2) is 7.57. The van der Waals surface area contributed by atoms with Crippen LogP contribution in [-0.4, -0.2) is 47.2 Å². The third-order valence-corrected chi connectivity index (χ3v) is 4.82. The Morgan fingerprint density at radius 2 is 1.96 bits per heavy atom. The zero-order chi connectivity index (χ0) is 18.6. The molecule has 1 N–H and O–H groups in total. The molecule has 0 atom stereocenters. The molecule has 1 aliphatic heterocycles. The number of rotatable bonds is 4. The Hall–Kier alpha value is -3.22. The van der Waals surface area contributed by atoms with E-state index in [0.29, 0.717) is 17.3 Å². The van der Waals surface area contributed by atoms with Gasteiger partial charge in [0.2, 0.25) is 0 Å². The van der Waals surface area contributed by atoms with E-state index in [1.54, 1.807) is 18.5 Å². The number of anilines is 2. The lowest BCUT2D eigenvalue weighted by Gasteiger charge is -2.33. The van der Waals surface area contributed by atoms with Crippen molar-refractivity contribution in [1.29, 1.82) is 0 Å². The molecular formula is C20H21N5O2. The second-order valence-corrected chi connectivity index (χ2v) is 6.57. The molecule has 0 aromatic carbocycles. The molecule has 1 fully saturated rings. The Balaban J connectivity index is 1.43. The number of hydrogen-bond acceptors (Lipinski definition) is 7. The van der Waals surface area contributed by atoms with Crippen LogP contribution in [0.4, 0.5) is 11.5 Å². The molecule has 0 amide bonds. The van der Waals surface area contributed by atoms with Crippen molar-refractivity contribution < 1.29 is 9.53 Å². The summed E-state index contributed by atoms with van der Waals surface area (Å²) in [5.74, 6) is 0.528. The summed E-state index contributed by atoms with van der Waals surface area (Å²) in [6, 6.07) is 10.1. The molecule has 3 aromatic heterocycles. The number of nitrogens with one attached hydrogen (secondary N) is 1. The topological polar surface area (TPSA) is 80.2 Å². The molecule has 0 saturated carbocycles. The SMILES string of the molecule is COC(=O)c1cnc2nc(N3CCC(Nc4ccncc4)CC3)ccc2c1. The highest BCUT2D eigenvalue weighted by Gasteiger charge is 2.20. The fourth-order valence-electron chi connectivity index (χ4n) is 3.34. The third-order valence-electron chi connectivity index (χ3n) is 4.82. The monoisotopic (exact) mass is 363 g/mol. The number of carbonyl (C=O) groups is 1. The molecule has 1 aliphatic rings. The first-order valence-corrected chi connectivity index (χ1v) is 8.99. The van der Waals surface area contributed by atoms with Gasteiger partial charge in [-0.05, 0) is 43.2 Å². The van der Waals surface area contributed by atoms with Gasteiger partial charge in [0.05, 0.1) is 12.7 Å². The molecule has 0 spiro atoms. The van der Waals surface area contributed by atoms with E-state index >= 15 is 0 Å². The number of hydrogen-bond donors (Lipinski definition) is 1. The van der Waals surface area contributed by atoms with Crippen molar-refractivity contribution in [2.45, 2.75) is 18.9 Å². The summed E-state index contributed by atoms with van der Waals surface area (Å²) >= 11 is 0. The van der Waals surface area contributed by atoms with Crippen LogP contribution in [0.2, 0.25) is 0 Å². The molecular weight excluding hydrogens is 342 g/mol. The minimum absolute atomic E-state index is 0.391. The molecule has 0 unspecified atom stereocenters. The number of fused-ring (bicyclic) bond motifs is 1.